The van der Waals surface area contributed by atoms with Gasteiger partial charge in [-0.1, -0.05) is 30.3 Å². The number of carbonyl (C=O) groups is 1. The van der Waals surface area contributed by atoms with Gasteiger partial charge in [-0.05, 0) is 42.0 Å². The third-order valence-corrected chi connectivity index (χ3v) is 3.31. The molecule has 0 unspecified atom stereocenters. The molecule has 114 valence electrons. The van der Waals surface area contributed by atoms with Crippen molar-refractivity contribution in [2.45, 2.75) is 6.42 Å². The Hall–Kier alpha value is -3.01. The Morgan fingerprint density at radius 3 is 2.43 bits per heavy atom. The molecule has 1 aromatic heterocycles. The van der Waals surface area contributed by atoms with Crippen LogP contribution in [0.3, 0.4) is 0 Å². The number of nitrogens with zero attached hydrogens (tertiary/aromatic N) is 1. The first kappa shape index (κ1) is 14.9. The van der Waals surface area contributed by atoms with Crippen LogP contribution in [0.15, 0.2) is 72.9 Å². The maximum atomic E-state index is 12.9. The van der Waals surface area contributed by atoms with Crippen molar-refractivity contribution in [1.82, 2.24) is 4.98 Å². The number of benzene rings is 2. The van der Waals surface area contributed by atoms with Crippen LogP contribution in [0, 0.1) is 5.82 Å². The van der Waals surface area contributed by atoms with Crippen molar-refractivity contribution >= 4 is 5.78 Å². The third-order valence-electron chi connectivity index (χ3n) is 3.31. The lowest BCUT2D eigenvalue weighted by molar-refractivity contribution is 0.0990. The number of hydrogen-bond donors (Lipinski definition) is 0. The summed E-state index contributed by atoms with van der Waals surface area (Å²) in [7, 11) is 0. The molecule has 0 radical (unpaired) electrons. The number of pyridine rings is 1. The third kappa shape index (κ3) is 3.80. The van der Waals surface area contributed by atoms with E-state index in [0.717, 1.165) is 5.56 Å². The molecule has 0 bridgehead atoms. The predicted octanol–water partition coefficient (Wildman–Crippen LogP) is 4.44. The highest BCUT2D eigenvalue weighted by atomic mass is 19.1. The highest BCUT2D eigenvalue weighted by Gasteiger charge is 2.14. The Morgan fingerprint density at radius 1 is 0.957 bits per heavy atom. The zero-order valence-electron chi connectivity index (χ0n) is 12.3. The van der Waals surface area contributed by atoms with Gasteiger partial charge < -0.3 is 4.74 Å². The first-order valence-electron chi connectivity index (χ1n) is 7.18. The van der Waals surface area contributed by atoms with Gasteiger partial charge in [0.2, 0.25) is 5.88 Å². The van der Waals surface area contributed by atoms with E-state index < -0.39 is 0 Å². The van der Waals surface area contributed by atoms with Gasteiger partial charge in [-0.25, -0.2) is 9.37 Å². The lowest BCUT2D eigenvalue weighted by Crippen LogP contribution is -2.06. The van der Waals surface area contributed by atoms with Gasteiger partial charge >= 0.3 is 0 Å². The summed E-state index contributed by atoms with van der Waals surface area (Å²) >= 11 is 0. The fourth-order valence-corrected chi connectivity index (χ4v) is 2.18. The topological polar surface area (TPSA) is 39.2 Å². The molecule has 0 saturated heterocycles. The monoisotopic (exact) mass is 307 g/mol. The molecule has 1 heterocycles. The van der Waals surface area contributed by atoms with Gasteiger partial charge in [-0.15, -0.1) is 0 Å². The molecule has 0 saturated carbocycles. The fourth-order valence-electron chi connectivity index (χ4n) is 2.18. The highest BCUT2D eigenvalue weighted by molar-refractivity contribution is 5.99. The molecule has 4 heteroatoms. The molecule has 0 aliphatic rings. The molecule has 0 atom stereocenters. The zero-order chi connectivity index (χ0) is 16.1. The van der Waals surface area contributed by atoms with Crippen molar-refractivity contribution in [3.63, 3.8) is 0 Å². The zero-order valence-corrected chi connectivity index (χ0v) is 12.3. The summed E-state index contributed by atoms with van der Waals surface area (Å²) < 4.78 is 18.6. The van der Waals surface area contributed by atoms with E-state index in [1.54, 1.807) is 18.3 Å². The highest BCUT2D eigenvalue weighted by Crippen LogP contribution is 2.24. The molecule has 0 aliphatic carbocycles. The second kappa shape index (κ2) is 6.83. The van der Waals surface area contributed by atoms with E-state index in [9.17, 15) is 9.18 Å². The number of carbonyl (C=O) groups excluding carboxylic acids is 1. The number of rotatable bonds is 5. The number of hydrogen-bond acceptors (Lipinski definition) is 3. The van der Waals surface area contributed by atoms with Crippen LogP contribution in [0.2, 0.25) is 0 Å². The maximum Gasteiger partial charge on any atom is 0.230 e. The van der Waals surface area contributed by atoms with Crippen LogP contribution in [0.1, 0.15) is 15.9 Å². The Balaban J connectivity index is 1.82. The first-order chi connectivity index (χ1) is 11.2. The van der Waals surface area contributed by atoms with Gasteiger partial charge in [0.1, 0.15) is 11.6 Å². The second-order valence-corrected chi connectivity index (χ2v) is 5.00. The molecule has 2 aromatic carbocycles. The number of aromatic nitrogens is 1. The van der Waals surface area contributed by atoms with E-state index in [1.807, 2.05) is 30.3 Å². The van der Waals surface area contributed by atoms with Crippen LogP contribution in [0.25, 0.3) is 0 Å². The second-order valence-electron chi connectivity index (χ2n) is 5.00. The largest absolute Gasteiger partial charge is 0.438 e. The normalized spacial score (nSPS) is 10.3. The number of ketones is 1. The van der Waals surface area contributed by atoms with Gasteiger partial charge in [-0.2, -0.15) is 0 Å². The standard InChI is InChI=1S/C19H14FNO2/c20-15-8-10-16(11-9-15)23-19-17(7-4-12-21-19)18(22)13-14-5-2-1-3-6-14/h1-12H,13H2. The van der Waals surface area contributed by atoms with Crippen molar-refractivity contribution in [2.24, 2.45) is 0 Å². The predicted molar refractivity (Wildman–Crippen MR) is 85.2 cm³/mol. The maximum absolute atomic E-state index is 12.9. The minimum Gasteiger partial charge on any atom is -0.438 e. The summed E-state index contributed by atoms with van der Waals surface area (Å²) in [5.41, 5.74) is 1.33. The quantitative estimate of drug-likeness (QED) is 0.654. The molecule has 0 spiro atoms. The SMILES string of the molecule is O=C(Cc1ccccc1)c1cccnc1Oc1ccc(F)cc1. The van der Waals surface area contributed by atoms with Gasteiger partial charge in [0.15, 0.2) is 5.78 Å². The van der Waals surface area contributed by atoms with Crippen LogP contribution in [0.4, 0.5) is 4.39 Å². The summed E-state index contributed by atoms with van der Waals surface area (Å²) in [6, 6.07) is 18.4. The average molecular weight is 307 g/mol. The molecule has 3 rings (SSSR count). The van der Waals surface area contributed by atoms with E-state index in [4.69, 9.17) is 4.74 Å². The van der Waals surface area contributed by atoms with E-state index in [1.165, 1.54) is 24.3 Å². The Labute approximate surface area is 133 Å². The molecular weight excluding hydrogens is 293 g/mol. The summed E-state index contributed by atoms with van der Waals surface area (Å²) in [5, 5.41) is 0. The Morgan fingerprint density at radius 2 is 1.70 bits per heavy atom. The fraction of sp³-hybridized carbons (Fsp3) is 0.0526. The lowest BCUT2D eigenvalue weighted by atomic mass is 10.0. The average Bonchev–Trinajstić information content (AvgIpc) is 2.58. The summed E-state index contributed by atoms with van der Waals surface area (Å²) in [4.78, 5) is 16.6. The van der Waals surface area contributed by atoms with Gasteiger partial charge in [0.25, 0.3) is 0 Å². The molecule has 0 fully saturated rings. The molecular formula is C19H14FNO2. The van der Waals surface area contributed by atoms with Crippen molar-refractivity contribution in [3.8, 4) is 11.6 Å². The van der Waals surface area contributed by atoms with Crippen molar-refractivity contribution in [2.75, 3.05) is 0 Å². The van der Waals surface area contributed by atoms with Crippen LogP contribution < -0.4 is 4.74 Å². The summed E-state index contributed by atoms with van der Waals surface area (Å²) in [6.07, 6.45) is 1.82. The van der Waals surface area contributed by atoms with E-state index in [-0.39, 0.29) is 23.9 Å². The van der Waals surface area contributed by atoms with Gasteiger partial charge in [0, 0.05) is 12.6 Å². The minimum atomic E-state index is -0.348. The Kier molecular flexibility index (Phi) is 4.43. The molecule has 0 N–H and O–H groups in total. The summed E-state index contributed by atoms with van der Waals surface area (Å²) in [5.74, 6) is 0.221. The molecule has 0 aliphatic heterocycles. The Bertz CT molecular complexity index is 801. The molecule has 0 amide bonds. The number of Topliss-reactive ketones (excluding diaryl/α,β-unsaturated/α-hetero) is 1. The van der Waals surface area contributed by atoms with E-state index in [0.29, 0.717) is 11.3 Å². The van der Waals surface area contributed by atoms with Crippen LogP contribution in [-0.2, 0) is 6.42 Å². The summed E-state index contributed by atoms with van der Waals surface area (Å²) in [6.45, 7) is 0. The minimum absolute atomic E-state index is 0.0820. The number of ether oxygens (including phenoxy) is 1. The van der Waals surface area contributed by atoms with E-state index in [2.05, 4.69) is 4.98 Å². The van der Waals surface area contributed by atoms with Crippen LogP contribution in [0.5, 0.6) is 11.6 Å². The molecule has 3 aromatic rings. The molecule has 3 nitrogen and oxygen atoms in total. The van der Waals surface area contributed by atoms with Crippen LogP contribution >= 0.6 is 0 Å². The first-order valence-corrected chi connectivity index (χ1v) is 7.18. The smallest absolute Gasteiger partial charge is 0.230 e. The molecule has 23 heavy (non-hydrogen) atoms. The van der Waals surface area contributed by atoms with Crippen LogP contribution in [-0.4, -0.2) is 10.8 Å². The van der Waals surface area contributed by atoms with Gasteiger partial charge in [-0.3, -0.25) is 4.79 Å². The lowest BCUT2D eigenvalue weighted by Gasteiger charge is -2.09. The van der Waals surface area contributed by atoms with Gasteiger partial charge in [0.05, 0.1) is 5.56 Å². The number of halogens is 1. The van der Waals surface area contributed by atoms with Crippen molar-refractivity contribution in [3.05, 3.63) is 89.9 Å². The van der Waals surface area contributed by atoms with E-state index >= 15 is 0 Å². The van der Waals surface area contributed by atoms with Crippen molar-refractivity contribution < 1.29 is 13.9 Å². The van der Waals surface area contributed by atoms with Crippen molar-refractivity contribution in [1.29, 1.82) is 0 Å².